The molecule has 0 saturated heterocycles. The number of carbonyl (C=O) groups is 1. The molecule has 2 rings (SSSR count). The first-order chi connectivity index (χ1) is 12.7. The van der Waals surface area contributed by atoms with E-state index in [0.717, 1.165) is 12.1 Å². The first-order valence-corrected chi connectivity index (χ1v) is 9.76. The number of halogens is 3. The van der Waals surface area contributed by atoms with Crippen LogP contribution >= 0.6 is 11.6 Å². The maximum absolute atomic E-state index is 13.5. The van der Waals surface area contributed by atoms with E-state index < -0.39 is 34.2 Å². The van der Waals surface area contributed by atoms with Crippen molar-refractivity contribution in [2.75, 3.05) is 18.5 Å². The van der Waals surface area contributed by atoms with Gasteiger partial charge >= 0.3 is 0 Å². The third-order valence-corrected chi connectivity index (χ3v) is 5.07. The van der Waals surface area contributed by atoms with Gasteiger partial charge < -0.3 is 10.1 Å². The molecular formula is C17H17ClF2N2O4S. The zero-order chi connectivity index (χ0) is 20.0. The van der Waals surface area contributed by atoms with Gasteiger partial charge in [0, 0.05) is 12.6 Å². The summed E-state index contributed by atoms with van der Waals surface area (Å²) in [5.74, 6) is -2.30. The molecule has 0 spiro atoms. The average Bonchev–Trinajstić information content (AvgIpc) is 2.61. The van der Waals surface area contributed by atoms with Gasteiger partial charge in [-0.1, -0.05) is 18.5 Å². The Balaban J connectivity index is 2.00. The van der Waals surface area contributed by atoms with E-state index in [9.17, 15) is 22.0 Å². The molecular weight excluding hydrogens is 402 g/mol. The lowest BCUT2D eigenvalue weighted by Crippen LogP contribution is -2.24. The van der Waals surface area contributed by atoms with Crippen LogP contribution in [-0.2, 0) is 14.8 Å². The fourth-order valence-corrected chi connectivity index (χ4v) is 3.47. The highest BCUT2D eigenvalue weighted by Gasteiger charge is 2.16. The summed E-state index contributed by atoms with van der Waals surface area (Å²) in [5, 5.41) is 2.23. The van der Waals surface area contributed by atoms with Crippen LogP contribution in [0.5, 0.6) is 5.75 Å². The number of amides is 1. The monoisotopic (exact) mass is 418 g/mol. The van der Waals surface area contributed by atoms with E-state index >= 15 is 0 Å². The van der Waals surface area contributed by atoms with Crippen LogP contribution in [0.2, 0.25) is 5.02 Å². The summed E-state index contributed by atoms with van der Waals surface area (Å²) in [6.45, 7) is 1.62. The SMILES string of the molecule is CCCNS(=O)(=O)c1ccc(OCC(=O)Nc2ccc(F)cc2F)c(Cl)c1. The lowest BCUT2D eigenvalue weighted by Gasteiger charge is -2.11. The van der Waals surface area contributed by atoms with Gasteiger partial charge in [-0.3, -0.25) is 4.79 Å². The van der Waals surface area contributed by atoms with Crippen molar-refractivity contribution in [3.05, 3.63) is 53.1 Å². The second-order valence-electron chi connectivity index (χ2n) is 5.45. The molecule has 0 atom stereocenters. The van der Waals surface area contributed by atoms with Crippen LogP contribution < -0.4 is 14.8 Å². The van der Waals surface area contributed by atoms with E-state index in [1.165, 1.54) is 18.2 Å². The van der Waals surface area contributed by atoms with Crippen molar-refractivity contribution in [1.29, 1.82) is 0 Å². The van der Waals surface area contributed by atoms with Gasteiger partial charge in [-0.15, -0.1) is 0 Å². The first-order valence-electron chi connectivity index (χ1n) is 7.90. The van der Waals surface area contributed by atoms with Crippen molar-refractivity contribution in [1.82, 2.24) is 4.72 Å². The molecule has 0 radical (unpaired) electrons. The van der Waals surface area contributed by atoms with Crippen molar-refractivity contribution in [2.45, 2.75) is 18.2 Å². The van der Waals surface area contributed by atoms with Crippen molar-refractivity contribution >= 4 is 33.2 Å². The van der Waals surface area contributed by atoms with Gasteiger partial charge in [0.2, 0.25) is 10.0 Å². The number of hydrogen-bond acceptors (Lipinski definition) is 4. The van der Waals surface area contributed by atoms with E-state index in [0.29, 0.717) is 19.0 Å². The molecule has 6 nitrogen and oxygen atoms in total. The van der Waals surface area contributed by atoms with Gasteiger partial charge in [-0.25, -0.2) is 21.9 Å². The van der Waals surface area contributed by atoms with Gasteiger partial charge in [-0.05, 0) is 36.8 Å². The van der Waals surface area contributed by atoms with Crippen LogP contribution in [0.15, 0.2) is 41.3 Å². The highest BCUT2D eigenvalue weighted by molar-refractivity contribution is 7.89. The molecule has 2 aromatic carbocycles. The van der Waals surface area contributed by atoms with Gasteiger partial charge in [0.05, 0.1) is 15.6 Å². The number of rotatable bonds is 8. The highest BCUT2D eigenvalue weighted by atomic mass is 35.5. The molecule has 0 saturated carbocycles. The van der Waals surface area contributed by atoms with Gasteiger partial charge in [0.1, 0.15) is 17.4 Å². The largest absolute Gasteiger partial charge is 0.482 e. The molecule has 0 aliphatic heterocycles. The molecule has 0 bridgehead atoms. The molecule has 0 aromatic heterocycles. The summed E-state index contributed by atoms with van der Waals surface area (Å²) >= 11 is 6.01. The van der Waals surface area contributed by atoms with E-state index in [1.807, 2.05) is 6.92 Å². The lowest BCUT2D eigenvalue weighted by atomic mass is 10.3. The number of sulfonamides is 1. The molecule has 10 heteroatoms. The van der Waals surface area contributed by atoms with E-state index in [4.69, 9.17) is 16.3 Å². The normalized spacial score (nSPS) is 11.3. The number of hydrogen-bond donors (Lipinski definition) is 2. The molecule has 0 unspecified atom stereocenters. The Morgan fingerprint density at radius 3 is 2.56 bits per heavy atom. The Kier molecular flexibility index (Phi) is 7.11. The quantitative estimate of drug-likeness (QED) is 0.688. The zero-order valence-electron chi connectivity index (χ0n) is 14.3. The Bertz CT molecular complexity index is 939. The molecule has 27 heavy (non-hydrogen) atoms. The number of benzene rings is 2. The molecule has 2 aromatic rings. The Hall–Kier alpha value is -2.23. The standard InChI is InChI=1S/C17H17ClF2N2O4S/c1-2-7-21-27(24,25)12-4-6-16(13(18)9-12)26-10-17(23)22-15-5-3-11(19)8-14(15)20/h3-6,8-9,21H,2,7,10H2,1H3,(H,22,23). The Morgan fingerprint density at radius 2 is 1.93 bits per heavy atom. The number of nitrogens with one attached hydrogen (secondary N) is 2. The van der Waals surface area contributed by atoms with Crippen LogP contribution in [0.3, 0.4) is 0 Å². The zero-order valence-corrected chi connectivity index (χ0v) is 15.8. The second kappa shape index (κ2) is 9.12. The number of anilines is 1. The van der Waals surface area contributed by atoms with Crippen LogP contribution in [0.1, 0.15) is 13.3 Å². The first kappa shape index (κ1) is 21.1. The van der Waals surface area contributed by atoms with Crippen molar-refractivity contribution in [3.8, 4) is 5.75 Å². The summed E-state index contributed by atoms with van der Waals surface area (Å²) in [6.07, 6.45) is 0.637. The summed E-state index contributed by atoms with van der Waals surface area (Å²) < 4.78 is 58.1. The van der Waals surface area contributed by atoms with Crippen molar-refractivity contribution in [3.63, 3.8) is 0 Å². The molecule has 0 aliphatic carbocycles. The smallest absolute Gasteiger partial charge is 0.262 e. The summed E-state index contributed by atoms with van der Waals surface area (Å²) in [6, 6.07) is 6.53. The van der Waals surface area contributed by atoms with Gasteiger partial charge in [0.25, 0.3) is 5.91 Å². The average molecular weight is 419 g/mol. The Morgan fingerprint density at radius 1 is 1.19 bits per heavy atom. The van der Waals surface area contributed by atoms with E-state index in [-0.39, 0.29) is 21.4 Å². The summed E-state index contributed by atoms with van der Waals surface area (Å²) in [5.41, 5.74) is -0.195. The molecule has 0 heterocycles. The van der Waals surface area contributed by atoms with Crippen LogP contribution in [-0.4, -0.2) is 27.5 Å². The minimum atomic E-state index is -3.68. The molecule has 0 aliphatic rings. The predicted molar refractivity (Wildman–Crippen MR) is 97.4 cm³/mol. The molecule has 146 valence electrons. The predicted octanol–water partition coefficient (Wildman–Crippen LogP) is 3.32. The van der Waals surface area contributed by atoms with Crippen molar-refractivity contribution < 1.29 is 26.7 Å². The van der Waals surface area contributed by atoms with E-state index in [1.54, 1.807) is 0 Å². The lowest BCUT2D eigenvalue weighted by molar-refractivity contribution is -0.118. The third-order valence-electron chi connectivity index (χ3n) is 3.32. The van der Waals surface area contributed by atoms with Crippen LogP contribution in [0, 0.1) is 11.6 Å². The fourth-order valence-electron chi connectivity index (χ4n) is 2.01. The van der Waals surface area contributed by atoms with Crippen LogP contribution in [0.25, 0.3) is 0 Å². The van der Waals surface area contributed by atoms with E-state index in [2.05, 4.69) is 10.0 Å². The van der Waals surface area contributed by atoms with Crippen molar-refractivity contribution in [2.24, 2.45) is 0 Å². The third kappa shape index (κ3) is 5.88. The second-order valence-corrected chi connectivity index (χ2v) is 7.63. The minimum absolute atomic E-state index is 0.00450. The minimum Gasteiger partial charge on any atom is -0.482 e. The number of carbonyl (C=O) groups excluding carboxylic acids is 1. The van der Waals surface area contributed by atoms with Gasteiger partial charge in [0.15, 0.2) is 6.61 Å². The topological polar surface area (TPSA) is 84.5 Å². The summed E-state index contributed by atoms with van der Waals surface area (Å²) in [4.78, 5) is 11.8. The maximum atomic E-state index is 13.5. The fraction of sp³-hybridized carbons (Fsp3) is 0.235. The number of ether oxygens (including phenoxy) is 1. The van der Waals surface area contributed by atoms with Crippen LogP contribution in [0.4, 0.5) is 14.5 Å². The Labute approximate surface area is 160 Å². The van der Waals surface area contributed by atoms with Gasteiger partial charge in [-0.2, -0.15) is 0 Å². The summed E-state index contributed by atoms with van der Waals surface area (Å²) in [7, 11) is -3.68. The maximum Gasteiger partial charge on any atom is 0.262 e. The molecule has 0 fully saturated rings. The molecule has 2 N–H and O–H groups in total. The highest BCUT2D eigenvalue weighted by Crippen LogP contribution is 2.27. The molecule has 1 amide bonds.